The van der Waals surface area contributed by atoms with Gasteiger partial charge in [-0.05, 0) is 20.8 Å². The lowest BCUT2D eigenvalue weighted by Gasteiger charge is -2.33. The lowest BCUT2D eigenvalue weighted by Crippen LogP contribution is -2.49. The Labute approximate surface area is 181 Å². The number of amides is 1. The predicted octanol–water partition coefficient (Wildman–Crippen LogP) is 2.10. The van der Waals surface area contributed by atoms with E-state index in [1.165, 1.54) is 12.1 Å². The first-order valence-electron chi connectivity index (χ1n) is 10.2. The molecule has 0 bridgehead atoms. The molecule has 1 fully saturated rings. The van der Waals surface area contributed by atoms with Gasteiger partial charge in [0.1, 0.15) is 12.4 Å². The van der Waals surface area contributed by atoms with E-state index in [-0.39, 0.29) is 24.6 Å². The molecule has 31 heavy (non-hydrogen) atoms. The summed E-state index contributed by atoms with van der Waals surface area (Å²) in [5.41, 5.74) is -0.0425. The van der Waals surface area contributed by atoms with Crippen LogP contribution >= 0.6 is 0 Å². The van der Waals surface area contributed by atoms with E-state index in [0.717, 1.165) is 0 Å². The van der Waals surface area contributed by atoms with Gasteiger partial charge >= 0.3 is 18.0 Å². The van der Waals surface area contributed by atoms with Gasteiger partial charge in [-0.3, -0.25) is 4.90 Å². The summed E-state index contributed by atoms with van der Waals surface area (Å²) in [6.07, 6.45) is -0.391. The number of ether oxygens (including phenoxy) is 4. The lowest BCUT2D eigenvalue weighted by molar-refractivity contribution is 0.0509. The highest BCUT2D eigenvalue weighted by Crippen LogP contribution is 2.17. The number of nitrogens with zero attached hydrogens (tertiary/aromatic N) is 3. The highest BCUT2D eigenvalue weighted by atomic mass is 16.6. The second-order valence-electron chi connectivity index (χ2n) is 6.76. The van der Waals surface area contributed by atoms with Gasteiger partial charge in [0.25, 0.3) is 0 Å². The summed E-state index contributed by atoms with van der Waals surface area (Å²) in [5.74, 6) is -0.597. The van der Waals surface area contributed by atoms with E-state index in [1.807, 2.05) is 0 Å². The molecule has 1 aliphatic heterocycles. The minimum Gasteiger partial charge on any atom is -0.492 e. The normalized spacial score (nSPS) is 14.0. The predicted molar refractivity (Wildman–Crippen MR) is 111 cm³/mol. The zero-order valence-corrected chi connectivity index (χ0v) is 18.2. The van der Waals surface area contributed by atoms with Crippen LogP contribution in [0.25, 0.3) is 0 Å². The molecule has 10 heteroatoms. The number of carbonyl (C=O) groups is 3. The monoisotopic (exact) mass is 435 g/mol. The zero-order valence-electron chi connectivity index (χ0n) is 18.2. The first kappa shape index (κ1) is 24.1. The van der Waals surface area contributed by atoms with Gasteiger partial charge in [0.2, 0.25) is 0 Å². The summed E-state index contributed by atoms with van der Waals surface area (Å²) < 4.78 is 20.7. The van der Waals surface area contributed by atoms with E-state index in [1.54, 1.807) is 25.7 Å². The van der Waals surface area contributed by atoms with Gasteiger partial charge in [-0.2, -0.15) is 0 Å². The van der Waals surface area contributed by atoms with E-state index in [2.05, 4.69) is 16.5 Å². The third-order valence-electron chi connectivity index (χ3n) is 4.34. The largest absolute Gasteiger partial charge is 0.492 e. The van der Waals surface area contributed by atoms with Crippen molar-refractivity contribution in [3.05, 3.63) is 35.9 Å². The number of allylic oxidation sites excluding steroid dienone is 1. The van der Waals surface area contributed by atoms with Gasteiger partial charge in [-0.1, -0.05) is 6.58 Å². The highest BCUT2D eigenvalue weighted by molar-refractivity contribution is 5.92. The molecule has 0 spiro atoms. The van der Waals surface area contributed by atoms with Crippen LogP contribution in [0, 0.1) is 0 Å². The maximum atomic E-state index is 12.1. The van der Waals surface area contributed by atoms with Crippen molar-refractivity contribution in [1.29, 1.82) is 0 Å². The van der Waals surface area contributed by atoms with Crippen molar-refractivity contribution in [1.82, 2.24) is 14.8 Å². The third kappa shape index (κ3) is 7.56. The number of hydrogen-bond acceptors (Lipinski definition) is 9. The first-order chi connectivity index (χ1) is 14.8. The van der Waals surface area contributed by atoms with Gasteiger partial charge in [-0.15, -0.1) is 0 Å². The van der Waals surface area contributed by atoms with Crippen molar-refractivity contribution in [3.63, 3.8) is 0 Å². The summed E-state index contributed by atoms with van der Waals surface area (Å²) in [6.45, 7) is 12.3. The fourth-order valence-corrected chi connectivity index (χ4v) is 2.87. The maximum Gasteiger partial charge on any atom is 0.414 e. The van der Waals surface area contributed by atoms with Crippen LogP contribution in [0.3, 0.4) is 0 Å². The summed E-state index contributed by atoms with van der Waals surface area (Å²) >= 11 is 0. The summed E-state index contributed by atoms with van der Waals surface area (Å²) in [6, 6.07) is 2.87. The Kier molecular flexibility index (Phi) is 9.26. The fraction of sp³-hybridized carbons (Fsp3) is 0.524. The van der Waals surface area contributed by atoms with Gasteiger partial charge in [0, 0.05) is 44.9 Å². The SMILES string of the molecule is C=C(C)OC(=O)N1CCN(CCOc2cc(C(=O)OCC)nc(C(=O)OCC)c2)CC1. The molecule has 0 atom stereocenters. The van der Waals surface area contributed by atoms with E-state index < -0.39 is 18.0 Å². The standard InChI is InChI=1S/C21H29N3O7/c1-5-28-19(25)17-13-16(14-18(22-17)20(26)29-6-2)30-12-11-23-7-9-24(10-8-23)21(27)31-15(3)4/h13-14H,3,5-12H2,1-2,4H3. The number of hydrogen-bond donors (Lipinski definition) is 0. The number of aromatic nitrogens is 1. The van der Waals surface area contributed by atoms with Gasteiger partial charge in [-0.25, -0.2) is 19.4 Å². The third-order valence-corrected chi connectivity index (χ3v) is 4.34. The van der Waals surface area contributed by atoms with Crippen LogP contribution in [-0.4, -0.2) is 85.4 Å². The van der Waals surface area contributed by atoms with Crippen molar-refractivity contribution < 1.29 is 33.3 Å². The smallest absolute Gasteiger partial charge is 0.414 e. The molecular formula is C21H29N3O7. The van der Waals surface area contributed by atoms with Gasteiger partial charge in [0.05, 0.1) is 19.0 Å². The number of rotatable bonds is 9. The van der Waals surface area contributed by atoms with Crippen LogP contribution in [0.4, 0.5) is 4.79 Å². The molecule has 2 heterocycles. The molecule has 10 nitrogen and oxygen atoms in total. The molecule has 1 saturated heterocycles. The Morgan fingerprint density at radius 3 is 2.03 bits per heavy atom. The fourth-order valence-electron chi connectivity index (χ4n) is 2.87. The molecule has 1 aromatic heterocycles. The Balaban J connectivity index is 1.92. The van der Waals surface area contributed by atoms with Crippen molar-refractivity contribution in [3.8, 4) is 5.75 Å². The molecule has 1 aliphatic rings. The van der Waals surface area contributed by atoms with Crippen LogP contribution in [0.2, 0.25) is 0 Å². The topological polar surface area (TPSA) is 108 Å². The van der Waals surface area contributed by atoms with Crippen LogP contribution in [-0.2, 0) is 14.2 Å². The number of piperazine rings is 1. The molecule has 0 aliphatic carbocycles. The average molecular weight is 435 g/mol. The van der Waals surface area contributed by atoms with Crippen molar-refractivity contribution in [2.75, 3.05) is 52.5 Å². The minimum atomic E-state index is -0.642. The minimum absolute atomic E-state index is 0.0213. The molecule has 0 saturated carbocycles. The molecule has 0 aromatic carbocycles. The van der Waals surface area contributed by atoms with E-state index in [4.69, 9.17) is 18.9 Å². The van der Waals surface area contributed by atoms with Gasteiger partial charge < -0.3 is 23.8 Å². The van der Waals surface area contributed by atoms with Crippen molar-refractivity contribution in [2.45, 2.75) is 20.8 Å². The van der Waals surface area contributed by atoms with Gasteiger partial charge in [0.15, 0.2) is 11.4 Å². The molecule has 1 aromatic rings. The number of esters is 2. The van der Waals surface area contributed by atoms with E-state index in [9.17, 15) is 14.4 Å². The summed E-state index contributed by atoms with van der Waals surface area (Å²) in [4.78, 5) is 43.8. The summed E-state index contributed by atoms with van der Waals surface area (Å²) in [7, 11) is 0. The second-order valence-corrected chi connectivity index (χ2v) is 6.76. The Bertz CT molecular complexity index is 768. The van der Waals surface area contributed by atoms with E-state index >= 15 is 0 Å². The number of pyridine rings is 1. The zero-order chi connectivity index (χ0) is 22.8. The molecular weight excluding hydrogens is 406 g/mol. The lowest BCUT2D eigenvalue weighted by atomic mass is 10.2. The van der Waals surface area contributed by atoms with Crippen LogP contribution in [0.15, 0.2) is 24.5 Å². The average Bonchev–Trinajstić information content (AvgIpc) is 2.74. The molecule has 1 amide bonds. The highest BCUT2D eigenvalue weighted by Gasteiger charge is 2.22. The Morgan fingerprint density at radius 2 is 1.55 bits per heavy atom. The molecule has 0 radical (unpaired) electrons. The molecule has 2 rings (SSSR count). The quantitative estimate of drug-likeness (QED) is 0.327. The van der Waals surface area contributed by atoms with Crippen molar-refractivity contribution >= 4 is 18.0 Å². The number of carbonyl (C=O) groups excluding carboxylic acids is 3. The Hall–Kier alpha value is -3.14. The van der Waals surface area contributed by atoms with Crippen LogP contribution in [0.5, 0.6) is 5.75 Å². The summed E-state index contributed by atoms with van der Waals surface area (Å²) in [5, 5.41) is 0. The Morgan fingerprint density at radius 1 is 1.00 bits per heavy atom. The molecule has 0 N–H and O–H groups in total. The first-order valence-corrected chi connectivity index (χ1v) is 10.2. The van der Waals surface area contributed by atoms with Crippen LogP contribution < -0.4 is 4.74 Å². The molecule has 170 valence electrons. The van der Waals surface area contributed by atoms with Crippen molar-refractivity contribution in [2.24, 2.45) is 0 Å². The second kappa shape index (κ2) is 11.9. The van der Waals surface area contributed by atoms with Crippen LogP contribution in [0.1, 0.15) is 41.7 Å². The molecule has 0 unspecified atom stereocenters. The van der Waals surface area contributed by atoms with E-state index in [0.29, 0.717) is 50.8 Å². The maximum absolute atomic E-state index is 12.1.